The fourth-order valence-electron chi connectivity index (χ4n) is 2.64. The highest BCUT2D eigenvalue weighted by atomic mass is 16.5. The van der Waals surface area contributed by atoms with E-state index in [1.807, 2.05) is 56.0 Å². The van der Waals surface area contributed by atoms with Crippen LogP contribution in [0, 0.1) is 5.41 Å². The molecule has 1 fully saturated rings. The van der Waals surface area contributed by atoms with Crippen molar-refractivity contribution in [3.05, 3.63) is 30.3 Å². The van der Waals surface area contributed by atoms with Crippen molar-refractivity contribution in [3.63, 3.8) is 0 Å². The highest BCUT2D eigenvalue weighted by Gasteiger charge is 2.30. The van der Waals surface area contributed by atoms with Crippen LogP contribution in [0.2, 0.25) is 0 Å². The predicted octanol–water partition coefficient (Wildman–Crippen LogP) is 2.22. The third-order valence-electron chi connectivity index (χ3n) is 3.90. The molecule has 5 nitrogen and oxygen atoms in total. The highest BCUT2D eigenvalue weighted by Crippen LogP contribution is 2.21. The summed E-state index contributed by atoms with van der Waals surface area (Å²) < 4.78 is 5.44. The number of carbonyl (C=O) groups excluding carboxylic acids is 2. The van der Waals surface area contributed by atoms with Crippen molar-refractivity contribution < 1.29 is 14.3 Å². The second-order valence-electron chi connectivity index (χ2n) is 6.99. The number of para-hydroxylation sites is 1. The van der Waals surface area contributed by atoms with Crippen molar-refractivity contribution >= 4 is 11.8 Å². The van der Waals surface area contributed by atoms with Crippen LogP contribution in [-0.4, -0.2) is 42.5 Å². The molecule has 23 heavy (non-hydrogen) atoms. The lowest BCUT2D eigenvalue weighted by Crippen LogP contribution is -2.49. The first kappa shape index (κ1) is 17.3. The van der Waals surface area contributed by atoms with Gasteiger partial charge in [0.15, 0.2) is 6.61 Å². The van der Waals surface area contributed by atoms with E-state index in [1.165, 1.54) is 0 Å². The largest absolute Gasteiger partial charge is 0.484 e. The smallest absolute Gasteiger partial charge is 0.258 e. The number of carbonyl (C=O) groups is 2. The maximum Gasteiger partial charge on any atom is 0.258 e. The molecule has 0 saturated carbocycles. The van der Waals surface area contributed by atoms with Gasteiger partial charge in [-0.05, 0) is 25.0 Å². The number of rotatable bonds is 4. The topological polar surface area (TPSA) is 58.6 Å². The van der Waals surface area contributed by atoms with Crippen molar-refractivity contribution in [2.24, 2.45) is 5.41 Å². The highest BCUT2D eigenvalue weighted by molar-refractivity contribution is 5.81. The number of nitrogens with one attached hydrogen (secondary N) is 1. The summed E-state index contributed by atoms with van der Waals surface area (Å²) in [5.74, 6) is 0.748. The van der Waals surface area contributed by atoms with Crippen LogP contribution in [0.5, 0.6) is 5.75 Å². The lowest BCUT2D eigenvalue weighted by molar-refractivity contribution is -0.140. The molecule has 0 spiro atoms. The Morgan fingerprint density at radius 2 is 1.78 bits per heavy atom. The number of benzene rings is 1. The first-order valence-corrected chi connectivity index (χ1v) is 8.13. The number of likely N-dealkylation sites (tertiary alicyclic amines) is 1. The second kappa shape index (κ2) is 7.49. The minimum Gasteiger partial charge on any atom is -0.484 e. The molecule has 0 aliphatic carbocycles. The van der Waals surface area contributed by atoms with Gasteiger partial charge in [0, 0.05) is 24.5 Å². The Labute approximate surface area is 138 Å². The Morgan fingerprint density at radius 3 is 2.35 bits per heavy atom. The second-order valence-corrected chi connectivity index (χ2v) is 6.99. The number of amides is 2. The predicted molar refractivity (Wildman–Crippen MR) is 89.1 cm³/mol. The number of hydrogen-bond acceptors (Lipinski definition) is 3. The van der Waals surface area contributed by atoms with Crippen LogP contribution in [-0.2, 0) is 9.59 Å². The zero-order valence-corrected chi connectivity index (χ0v) is 14.2. The Balaban J connectivity index is 1.72. The maximum atomic E-state index is 12.2. The quantitative estimate of drug-likeness (QED) is 0.926. The van der Waals surface area contributed by atoms with E-state index in [0.717, 1.165) is 12.8 Å². The molecule has 5 heteroatoms. The molecule has 1 aromatic rings. The van der Waals surface area contributed by atoms with E-state index in [9.17, 15) is 9.59 Å². The van der Waals surface area contributed by atoms with Gasteiger partial charge < -0.3 is 15.0 Å². The van der Waals surface area contributed by atoms with Crippen molar-refractivity contribution in [2.45, 2.75) is 39.7 Å². The Hall–Kier alpha value is -2.04. The fraction of sp³-hybridized carbons (Fsp3) is 0.556. The average Bonchev–Trinajstić information content (AvgIpc) is 2.53. The van der Waals surface area contributed by atoms with Gasteiger partial charge in [0.2, 0.25) is 5.91 Å². The van der Waals surface area contributed by atoms with Crippen molar-refractivity contribution in [1.82, 2.24) is 10.2 Å². The number of piperidine rings is 1. The zero-order valence-electron chi connectivity index (χ0n) is 14.2. The summed E-state index contributed by atoms with van der Waals surface area (Å²) in [4.78, 5) is 26.1. The molecule has 1 saturated heterocycles. The molecule has 2 amide bonds. The van der Waals surface area contributed by atoms with E-state index in [1.54, 1.807) is 0 Å². The van der Waals surface area contributed by atoms with Crippen LogP contribution in [0.15, 0.2) is 30.3 Å². The van der Waals surface area contributed by atoms with Crippen LogP contribution in [0.3, 0.4) is 0 Å². The minimum atomic E-state index is -0.348. The van der Waals surface area contributed by atoms with Crippen molar-refractivity contribution in [3.8, 4) is 5.75 Å². The van der Waals surface area contributed by atoms with Gasteiger partial charge in [0.1, 0.15) is 5.75 Å². The summed E-state index contributed by atoms with van der Waals surface area (Å²) in [6.07, 6.45) is 1.58. The normalized spacial score (nSPS) is 16.0. The Kier molecular flexibility index (Phi) is 5.64. The molecule has 1 aliphatic rings. The lowest BCUT2D eigenvalue weighted by Gasteiger charge is -2.36. The molecule has 0 radical (unpaired) electrons. The summed E-state index contributed by atoms with van der Waals surface area (Å²) >= 11 is 0. The van der Waals surface area contributed by atoms with Crippen molar-refractivity contribution in [2.75, 3.05) is 19.7 Å². The molecule has 1 heterocycles. The maximum absolute atomic E-state index is 12.2. The summed E-state index contributed by atoms with van der Waals surface area (Å²) in [5, 5.41) is 2.99. The van der Waals surface area contributed by atoms with Gasteiger partial charge in [-0.25, -0.2) is 0 Å². The number of nitrogens with zero attached hydrogens (tertiary/aromatic N) is 1. The summed E-state index contributed by atoms with van der Waals surface area (Å²) in [6, 6.07) is 9.41. The van der Waals surface area contributed by atoms with Crippen LogP contribution in [0.25, 0.3) is 0 Å². The Bertz CT molecular complexity index is 529. The SMILES string of the molecule is CC(C)(C)C(=O)N1CCC(NC(=O)COc2ccccc2)CC1. The van der Waals surface area contributed by atoms with Crippen LogP contribution >= 0.6 is 0 Å². The van der Waals surface area contributed by atoms with Gasteiger partial charge in [0.05, 0.1) is 0 Å². The molecule has 1 N–H and O–H groups in total. The van der Waals surface area contributed by atoms with Crippen LogP contribution < -0.4 is 10.1 Å². The summed E-state index contributed by atoms with van der Waals surface area (Å²) in [5.41, 5.74) is -0.348. The third kappa shape index (κ3) is 5.27. The van der Waals surface area contributed by atoms with Gasteiger partial charge in [-0.15, -0.1) is 0 Å². The molecule has 0 bridgehead atoms. The van der Waals surface area contributed by atoms with Gasteiger partial charge in [0.25, 0.3) is 5.91 Å². The van der Waals surface area contributed by atoms with Gasteiger partial charge >= 0.3 is 0 Å². The molecule has 0 atom stereocenters. The number of ether oxygens (including phenoxy) is 1. The molecule has 1 aliphatic heterocycles. The van der Waals surface area contributed by atoms with Gasteiger partial charge in [-0.3, -0.25) is 9.59 Å². The summed E-state index contributed by atoms with van der Waals surface area (Å²) in [7, 11) is 0. The van der Waals surface area contributed by atoms with E-state index in [2.05, 4.69) is 5.32 Å². The molecule has 0 unspecified atom stereocenters. The molecule has 126 valence electrons. The van der Waals surface area contributed by atoms with E-state index in [0.29, 0.717) is 18.8 Å². The molecule has 1 aromatic carbocycles. The number of hydrogen-bond donors (Lipinski definition) is 1. The molecule has 2 rings (SSSR count). The van der Waals surface area contributed by atoms with E-state index < -0.39 is 0 Å². The first-order valence-electron chi connectivity index (χ1n) is 8.13. The third-order valence-corrected chi connectivity index (χ3v) is 3.90. The lowest BCUT2D eigenvalue weighted by atomic mass is 9.93. The van der Waals surface area contributed by atoms with E-state index in [4.69, 9.17) is 4.74 Å². The van der Waals surface area contributed by atoms with Gasteiger partial charge in [-0.1, -0.05) is 39.0 Å². The summed E-state index contributed by atoms with van der Waals surface area (Å²) in [6.45, 7) is 7.21. The monoisotopic (exact) mass is 318 g/mol. The van der Waals surface area contributed by atoms with E-state index in [-0.39, 0.29) is 29.9 Å². The average molecular weight is 318 g/mol. The van der Waals surface area contributed by atoms with Gasteiger partial charge in [-0.2, -0.15) is 0 Å². The minimum absolute atomic E-state index is 0.0190. The first-order chi connectivity index (χ1) is 10.9. The fourth-order valence-corrected chi connectivity index (χ4v) is 2.64. The molecule has 0 aromatic heterocycles. The van der Waals surface area contributed by atoms with Crippen LogP contribution in [0.1, 0.15) is 33.6 Å². The standard InChI is InChI=1S/C18H26N2O3/c1-18(2,3)17(22)20-11-9-14(10-12-20)19-16(21)13-23-15-7-5-4-6-8-15/h4-8,14H,9-13H2,1-3H3,(H,19,21). The Morgan fingerprint density at radius 1 is 1.17 bits per heavy atom. The van der Waals surface area contributed by atoms with Crippen LogP contribution in [0.4, 0.5) is 0 Å². The van der Waals surface area contributed by atoms with E-state index >= 15 is 0 Å². The zero-order chi connectivity index (χ0) is 16.9. The molecular formula is C18H26N2O3. The molecular weight excluding hydrogens is 292 g/mol. The van der Waals surface area contributed by atoms with Crippen molar-refractivity contribution in [1.29, 1.82) is 0 Å².